The van der Waals surface area contributed by atoms with Crippen molar-refractivity contribution in [3.63, 3.8) is 0 Å². The van der Waals surface area contributed by atoms with Crippen LogP contribution in [0.3, 0.4) is 0 Å². The third-order valence-corrected chi connectivity index (χ3v) is 7.67. The van der Waals surface area contributed by atoms with Gasteiger partial charge in [0.25, 0.3) is 0 Å². The number of thiocarbonyl (C=S) groups is 1. The molecule has 1 N–H and O–H groups in total. The first-order chi connectivity index (χ1) is 17.7. The van der Waals surface area contributed by atoms with Gasteiger partial charge in [0.1, 0.15) is 11.5 Å². The predicted molar refractivity (Wildman–Crippen MR) is 148 cm³/mol. The molecule has 6 heteroatoms. The number of nitrogens with zero attached hydrogens (tertiary/aromatic N) is 3. The molecule has 5 nitrogen and oxygen atoms in total. The highest BCUT2D eigenvalue weighted by molar-refractivity contribution is 7.80. The molecule has 36 heavy (non-hydrogen) atoms. The minimum absolute atomic E-state index is 0.00168. The lowest BCUT2D eigenvalue weighted by atomic mass is 9.98. The van der Waals surface area contributed by atoms with E-state index in [1.807, 2.05) is 48.7 Å². The van der Waals surface area contributed by atoms with Crippen molar-refractivity contribution in [3.8, 4) is 11.5 Å². The Morgan fingerprint density at radius 1 is 0.944 bits per heavy atom. The van der Waals surface area contributed by atoms with E-state index in [1.54, 1.807) is 0 Å². The van der Waals surface area contributed by atoms with Gasteiger partial charge in [-0.1, -0.05) is 37.1 Å². The fraction of sp³-hybridized carbons (Fsp3) is 0.267. The summed E-state index contributed by atoms with van der Waals surface area (Å²) < 4.78 is 8.53. The van der Waals surface area contributed by atoms with Crippen molar-refractivity contribution in [1.29, 1.82) is 0 Å². The summed E-state index contributed by atoms with van der Waals surface area (Å²) in [5.41, 5.74) is 4.36. The monoisotopic (exact) mass is 494 g/mol. The molecule has 1 aliphatic heterocycles. The van der Waals surface area contributed by atoms with Crippen molar-refractivity contribution < 1.29 is 4.74 Å². The normalized spacial score (nSPS) is 20.0. The van der Waals surface area contributed by atoms with Gasteiger partial charge < -0.3 is 19.5 Å². The van der Waals surface area contributed by atoms with Crippen molar-refractivity contribution in [2.45, 2.75) is 50.7 Å². The van der Waals surface area contributed by atoms with Gasteiger partial charge in [0.2, 0.25) is 0 Å². The van der Waals surface area contributed by atoms with Crippen molar-refractivity contribution >= 4 is 23.0 Å². The van der Waals surface area contributed by atoms with E-state index in [1.165, 1.54) is 31.2 Å². The molecule has 2 aromatic heterocycles. The van der Waals surface area contributed by atoms with Gasteiger partial charge in [-0.3, -0.25) is 4.98 Å². The minimum atomic E-state index is -0.0407. The molecular formula is C30H30N4OS. The first-order valence-electron chi connectivity index (χ1n) is 12.7. The number of anilines is 1. The number of aromatic nitrogens is 2. The Hall–Kier alpha value is -3.64. The van der Waals surface area contributed by atoms with E-state index < -0.39 is 0 Å². The number of hydrogen-bond donors (Lipinski definition) is 1. The lowest BCUT2D eigenvalue weighted by Gasteiger charge is -2.27. The van der Waals surface area contributed by atoms with Gasteiger partial charge in [-0.25, -0.2) is 0 Å². The molecule has 0 spiro atoms. The van der Waals surface area contributed by atoms with E-state index in [0.29, 0.717) is 11.2 Å². The number of benzene rings is 2. The van der Waals surface area contributed by atoms with Crippen LogP contribution in [-0.2, 0) is 0 Å². The second-order valence-corrected chi connectivity index (χ2v) is 10.1. The van der Waals surface area contributed by atoms with Gasteiger partial charge in [-0.05, 0) is 91.6 Å². The van der Waals surface area contributed by atoms with Crippen molar-refractivity contribution in [1.82, 2.24) is 14.9 Å². The first kappa shape index (κ1) is 22.8. The van der Waals surface area contributed by atoms with E-state index in [0.717, 1.165) is 28.4 Å². The fourth-order valence-corrected chi connectivity index (χ4v) is 5.83. The molecule has 6 rings (SSSR count). The van der Waals surface area contributed by atoms with Crippen LogP contribution in [0.25, 0.3) is 0 Å². The molecule has 2 aliphatic rings. The van der Waals surface area contributed by atoms with Crippen LogP contribution in [0, 0.1) is 6.92 Å². The second-order valence-electron chi connectivity index (χ2n) is 9.69. The van der Waals surface area contributed by atoms with E-state index in [4.69, 9.17) is 17.0 Å². The quantitative estimate of drug-likeness (QED) is 0.285. The van der Waals surface area contributed by atoms with E-state index in [2.05, 4.69) is 69.4 Å². The molecule has 1 saturated heterocycles. The Morgan fingerprint density at radius 2 is 1.72 bits per heavy atom. The van der Waals surface area contributed by atoms with Gasteiger partial charge in [-0.2, -0.15) is 0 Å². The molecule has 2 fully saturated rings. The largest absolute Gasteiger partial charge is 0.457 e. The average Bonchev–Trinajstić information content (AvgIpc) is 3.66. The van der Waals surface area contributed by atoms with Crippen LogP contribution < -0.4 is 15.0 Å². The van der Waals surface area contributed by atoms with Gasteiger partial charge >= 0.3 is 0 Å². The lowest BCUT2D eigenvalue weighted by molar-refractivity contribution is 0.479. The molecule has 0 radical (unpaired) electrons. The molecule has 1 saturated carbocycles. The van der Waals surface area contributed by atoms with Crippen LogP contribution in [0.5, 0.6) is 11.5 Å². The summed E-state index contributed by atoms with van der Waals surface area (Å²) >= 11 is 5.89. The zero-order chi connectivity index (χ0) is 24.5. The Balaban J connectivity index is 1.33. The second kappa shape index (κ2) is 9.78. The molecule has 2 atom stereocenters. The van der Waals surface area contributed by atoms with Crippen molar-refractivity contribution in [2.75, 3.05) is 4.90 Å². The SMILES string of the molecule is Cc1ccccc1Oc1ccc(N2C(=S)N[C@H](c3ccccn3)[C@H]2c2ccn(C3CCCC3)c2)cc1. The number of rotatable bonds is 6. The number of aryl methyl sites for hydroxylation is 1. The van der Waals surface area contributed by atoms with Crippen molar-refractivity contribution in [2.24, 2.45) is 0 Å². The summed E-state index contributed by atoms with van der Waals surface area (Å²) in [6.07, 6.45) is 11.5. The Morgan fingerprint density at radius 3 is 2.47 bits per heavy atom. The summed E-state index contributed by atoms with van der Waals surface area (Å²) in [4.78, 5) is 6.90. The summed E-state index contributed by atoms with van der Waals surface area (Å²) in [6.45, 7) is 2.05. The van der Waals surface area contributed by atoms with E-state index in [9.17, 15) is 0 Å². The first-order valence-corrected chi connectivity index (χ1v) is 13.1. The maximum Gasteiger partial charge on any atom is 0.174 e. The van der Waals surface area contributed by atoms with Crippen LogP contribution in [0.2, 0.25) is 0 Å². The van der Waals surface area contributed by atoms with E-state index >= 15 is 0 Å². The Labute approximate surface area is 217 Å². The van der Waals surface area contributed by atoms with Crippen molar-refractivity contribution in [3.05, 3.63) is 108 Å². The summed E-state index contributed by atoms with van der Waals surface area (Å²) in [5.74, 6) is 1.67. The zero-order valence-electron chi connectivity index (χ0n) is 20.4. The topological polar surface area (TPSA) is 42.3 Å². The Bertz CT molecular complexity index is 1340. The van der Waals surface area contributed by atoms with Crippen LogP contribution in [0.1, 0.15) is 60.6 Å². The molecule has 2 aromatic carbocycles. The highest BCUT2D eigenvalue weighted by atomic mass is 32.1. The average molecular weight is 495 g/mol. The third-order valence-electron chi connectivity index (χ3n) is 7.36. The van der Waals surface area contributed by atoms with Crippen LogP contribution in [0.15, 0.2) is 91.4 Å². The molecule has 1 aliphatic carbocycles. The smallest absolute Gasteiger partial charge is 0.174 e. The molecule has 0 amide bonds. The Kier molecular flexibility index (Phi) is 6.20. The van der Waals surface area contributed by atoms with Crippen LogP contribution in [0.4, 0.5) is 5.69 Å². The molecule has 182 valence electrons. The minimum Gasteiger partial charge on any atom is -0.457 e. The van der Waals surface area contributed by atoms with Crippen LogP contribution in [-0.4, -0.2) is 14.7 Å². The fourth-order valence-electron chi connectivity index (χ4n) is 5.48. The number of nitrogens with one attached hydrogen (secondary N) is 1. The van der Waals surface area contributed by atoms with Gasteiger partial charge in [0.15, 0.2) is 5.11 Å². The highest BCUT2D eigenvalue weighted by Gasteiger charge is 2.41. The third kappa shape index (κ3) is 4.37. The van der Waals surface area contributed by atoms with E-state index in [-0.39, 0.29) is 12.1 Å². The van der Waals surface area contributed by atoms with Gasteiger partial charge in [0.05, 0.1) is 17.8 Å². The molecule has 4 aromatic rings. The lowest BCUT2D eigenvalue weighted by Crippen LogP contribution is -2.29. The highest BCUT2D eigenvalue weighted by Crippen LogP contribution is 2.43. The number of ether oxygens (including phenoxy) is 1. The summed E-state index contributed by atoms with van der Waals surface area (Å²) in [6, 6.07) is 25.1. The number of para-hydroxylation sites is 1. The predicted octanol–water partition coefficient (Wildman–Crippen LogP) is 7.28. The molecule has 0 bridgehead atoms. The maximum absolute atomic E-state index is 6.14. The van der Waals surface area contributed by atoms with Gasteiger partial charge in [0, 0.05) is 30.3 Å². The molecule has 3 heterocycles. The zero-order valence-corrected chi connectivity index (χ0v) is 21.2. The summed E-state index contributed by atoms with van der Waals surface area (Å²) in [7, 11) is 0. The van der Waals surface area contributed by atoms with Crippen LogP contribution >= 0.6 is 12.2 Å². The number of pyridine rings is 1. The number of hydrogen-bond acceptors (Lipinski definition) is 3. The maximum atomic E-state index is 6.14. The van der Waals surface area contributed by atoms with Gasteiger partial charge in [-0.15, -0.1) is 0 Å². The molecule has 0 unspecified atom stereocenters. The standard InChI is InChI=1S/C30H30N4OS/c1-21-8-2-5-12-27(21)35-25-15-13-24(14-16-25)34-29(22-17-19-33(20-22)23-9-3-4-10-23)28(32-30(34)36)26-11-6-7-18-31-26/h2,5-8,11-20,23,28-29H,3-4,9-10H2,1H3,(H,32,36)/t28-,29-/m1/s1. The molecular weight excluding hydrogens is 464 g/mol. The summed E-state index contributed by atoms with van der Waals surface area (Å²) in [5, 5.41) is 4.27.